The number of rotatable bonds is 4. The molecule has 0 radical (unpaired) electrons. The van der Waals surface area contributed by atoms with Crippen molar-refractivity contribution in [3.8, 4) is 0 Å². The maximum Gasteiger partial charge on any atom is 0.317 e. The van der Waals surface area contributed by atoms with E-state index >= 15 is 0 Å². The van der Waals surface area contributed by atoms with Crippen molar-refractivity contribution >= 4 is 17.8 Å². The van der Waals surface area contributed by atoms with Crippen LogP contribution in [0.1, 0.15) is 20.3 Å². The van der Waals surface area contributed by atoms with E-state index in [0.717, 1.165) is 0 Å². The molecule has 1 aromatic heterocycles. The normalized spacial score (nSPS) is 8.78. The fourth-order valence-electron chi connectivity index (χ4n) is 0.918. The molecule has 6 nitrogen and oxygen atoms in total. The molecule has 0 aromatic carbocycles. The number of nitrogen functional groups attached to an aromatic ring is 1. The Kier molecular flexibility index (Phi) is 8.89. The van der Waals surface area contributed by atoms with E-state index in [1.54, 1.807) is 26.1 Å². The van der Waals surface area contributed by atoms with Gasteiger partial charge in [0.1, 0.15) is 12.2 Å². The average Bonchev–Trinajstić information content (AvgIpc) is 2.31. The zero-order valence-electron chi connectivity index (χ0n) is 10.6. The molecule has 0 amide bonds. The van der Waals surface area contributed by atoms with Crippen molar-refractivity contribution < 1.29 is 19.1 Å². The van der Waals surface area contributed by atoms with E-state index in [9.17, 15) is 9.59 Å². The number of nitrogens with two attached hydrogens (primary N) is 1. The molecule has 0 bridgehead atoms. The number of aromatic nitrogens is 1. The molecule has 6 heteroatoms. The lowest BCUT2D eigenvalue weighted by Crippen LogP contribution is -2.13. The molecule has 0 aliphatic rings. The third-order valence-corrected chi connectivity index (χ3v) is 1.59. The first kappa shape index (κ1) is 15.9. The summed E-state index contributed by atoms with van der Waals surface area (Å²) in [5, 5.41) is 0. The van der Waals surface area contributed by atoms with E-state index in [1.165, 1.54) is 0 Å². The fourth-order valence-corrected chi connectivity index (χ4v) is 0.918. The zero-order chi connectivity index (χ0) is 13.8. The standard InChI is InChI=1S/C7H12O4.C5H6N2/c1-3-10-6(8)5-7(9)11-4-2;6-5-3-1-2-4-7-5/h3-5H2,1-2H3;1-4H,(H2,6,7). The van der Waals surface area contributed by atoms with Crippen molar-refractivity contribution in [2.24, 2.45) is 0 Å². The summed E-state index contributed by atoms with van der Waals surface area (Å²) in [7, 11) is 0. The number of hydrogen-bond acceptors (Lipinski definition) is 6. The van der Waals surface area contributed by atoms with Gasteiger partial charge < -0.3 is 15.2 Å². The van der Waals surface area contributed by atoms with Crippen molar-refractivity contribution in [1.29, 1.82) is 0 Å². The van der Waals surface area contributed by atoms with Gasteiger partial charge in [0.2, 0.25) is 0 Å². The van der Waals surface area contributed by atoms with Gasteiger partial charge in [-0.3, -0.25) is 9.59 Å². The molecule has 0 aliphatic heterocycles. The number of anilines is 1. The van der Waals surface area contributed by atoms with Gasteiger partial charge in [-0.2, -0.15) is 0 Å². The Morgan fingerprint density at radius 3 is 2.00 bits per heavy atom. The predicted molar refractivity (Wildman–Crippen MR) is 66.5 cm³/mol. The summed E-state index contributed by atoms with van der Waals surface area (Å²) in [5.41, 5.74) is 5.25. The summed E-state index contributed by atoms with van der Waals surface area (Å²) in [4.78, 5) is 25.0. The van der Waals surface area contributed by atoms with Gasteiger partial charge in [0.25, 0.3) is 0 Å². The molecular formula is C12H18N2O4. The van der Waals surface area contributed by atoms with E-state index in [2.05, 4.69) is 14.5 Å². The lowest BCUT2D eigenvalue weighted by atomic mass is 10.4. The van der Waals surface area contributed by atoms with Crippen LogP contribution >= 0.6 is 0 Å². The monoisotopic (exact) mass is 254 g/mol. The Hall–Kier alpha value is -2.11. The minimum atomic E-state index is -0.536. The molecule has 1 aromatic rings. The predicted octanol–water partition coefficient (Wildman–Crippen LogP) is 1.17. The molecule has 1 rings (SSSR count). The van der Waals surface area contributed by atoms with Crippen molar-refractivity contribution in [3.63, 3.8) is 0 Å². The minimum Gasteiger partial charge on any atom is -0.466 e. The van der Waals surface area contributed by atoms with Gasteiger partial charge in [0.15, 0.2) is 0 Å². The highest BCUT2D eigenvalue weighted by molar-refractivity contribution is 5.91. The second kappa shape index (κ2) is 10.1. The lowest BCUT2D eigenvalue weighted by Gasteiger charge is -2.00. The zero-order valence-corrected chi connectivity index (χ0v) is 10.6. The Morgan fingerprint density at radius 2 is 1.72 bits per heavy atom. The first-order chi connectivity index (χ1) is 8.60. The van der Waals surface area contributed by atoms with Crippen LogP contribution in [0.3, 0.4) is 0 Å². The topological polar surface area (TPSA) is 91.5 Å². The highest BCUT2D eigenvalue weighted by atomic mass is 16.5. The third-order valence-electron chi connectivity index (χ3n) is 1.59. The maximum absolute atomic E-state index is 10.6. The molecular weight excluding hydrogens is 236 g/mol. The van der Waals surface area contributed by atoms with Gasteiger partial charge in [0, 0.05) is 6.20 Å². The molecule has 0 unspecified atom stereocenters. The first-order valence-electron chi connectivity index (χ1n) is 5.57. The summed E-state index contributed by atoms with van der Waals surface area (Å²) in [6.45, 7) is 3.95. The van der Waals surface area contributed by atoms with Gasteiger partial charge in [-0.25, -0.2) is 4.98 Å². The molecule has 0 spiro atoms. The fraction of sp³-hybridized carbons (Fsp3) is 0.417. The number of carbonyl (C=O) groups is 2. The van der Waals surface area contributed by atoms with E-state index in [1.807, 2.05) is 12.1 Å². The van der Waals surface area contributed by atoms with E-state index in [4.69, 9.17) is 5.73 Å². The summed E-state index contributed by atoms with van der Waals surface area (Å²) in [6, 6.07) is 5.43. The number of ether oxygens (including phenoxy) is 2. The number of esters is 2. The molecule has 0 saturated heterocycles. The second-order valence-electron chi connectivity index (χ2n) is 3.04. The lowest BCUT2D eigenvalue weighted by molar-refractivity contribution is -0.153. The van der Waals surface area contributed by atoms with Gasteiger partial charge in [-0.05, 0) is 26.0 Å². The molecule has 0 saturated carbocycles. The van der Waals surface area contributed by atoms with Crippen LogP contribution in [-0.4, -0.2) is 30.1 Å². The average molecular weight is 254 g/mol. The smallest absolute Gasteiger partial charge is 0.317 e. The van der Waals surface area contributed by atoms with E-state index in [-0.39, 0.29) is 19.6 Å². The molecule has 0 atom stereocenters. The van der Waals surface area contributed by atoms with Crippen LogP contribution in [0.5, 0.6) is 0 Å². The van der Waals surface area contributed by atoms with Gasteiger partial charge in [-0.15, -0.1) is 0 Å². The van der Waals surface area contributed by atoms with Gasteiger partial charge in [-0.1, -0.05) is 6.07 Å². The number of pyridine rings is 1. The summed E-state index contributed by atoms with van der Waals surface area (Å²) < 4.78 is 9.04. The van der Waals surface area contributed by atoms with Crippen molar-refractivity contribution in [3.05, 3.63) is 24.4 Å². The van der Waals surface area contributed by atoms with Crippen LogP contribution in [0.2, 0.25) is 0 Å². The van der Waals surface area contributed by atoms with Crippen LogP contribution in [0.25, 0.3) is 0 Å². The number of carbonyl (C=O) groups excluding carboxylic acids is 2. The quantitative estimate of drug-likeness (QED) is 0.640. The molecule has 1 heterocycles. The van der Waals surface area contributed by atoms with Gasteiger partial charge in [0.05, 0.1) is 13.2 Å². The Balaban J connectivity index is 0.000000351. The summed E-state index contributed by atoms with van der Waals surface area (Å²) in [5.74, 6) is -0.501. The van der Waals surface area contributed by atoms with Crippen molar-refractivity contribution in [2.75, 3.05) is 18.9 Å². The highest BCUT2D eigenvalue weighted by Gasteiger charge is 2.09. The summed E-state index contributed by atoms with van der Waals surface area (Å²) >= 11 is 0. The summed E-state index contributed by atoms with van der Waals surface area (Å²) in [6.07, 6.45) is 1.37. The van der Waals surface area contributed by atoms with Crippen molar-refractivity contribution in [1.82, 2.24) is 4.98 Å². The van der Waals surface area contributed by atoms with Crippen molar-refractivity contribution in [2.45, 2.75) is 20.3 Å². The highest BCUT2D eigenvalue weighted by Crippen LogP contribution is 1.90. The molecule has 0 fully saturated rings. The van der Waals surface area contributed by atoms with Crippen LogP contribution in [-0.2, 0) is 19.1 Å². The SMILES string of the molecule is CCOC(=O)CC(=O)OCC.Nc1ccccn1. The van der Waals surface area contributed by atoms with Gasteiger partial charge >= 0.3 is 11.9 Å². The van der Waals surface area contributed by atoms with Crippen LogP contribution in [0, 0.1) is 0 Å². The van der Waals surface area contributed by atoms with E-state index < -0.39 is 11.9 Å². The molecule has 2 N–H and O–H groups in total. The number of hydrogen-bond donors (Lipinski definition) is 1. The van der Waals surface area contributed by atoms with Crippen LogP contribution in [0.15, 0.2) is 24.4 Å². The van der Waals surface area contributed by atoms with Crippen LogP contribution in [0.4, 0.5) is 5.82 Å². The Labute approximate surface area is 106 Å². The minimum absolute atomic E-state index is 0.290. The molecule has 0 aliphatic carbocycles. The molecule has 18 heavy (non-hydrogen) atoms. The van der Waals surface area contributed by atoms with E-state index in [0.29, 0.717) is 5.82 Å². The Morgan fingerprint density at radius 1 is 1.17 bits per heavy atom. The molecule has 100 valence electrons. The second-order valence-corrected chi connectivity index (χ2v) is 3.04. The number of nitrogens with zero attached hydrogens (tertiary/aromatic N) is 1. The maximum atomic E-state index is 10.6. The first-order valence-corrected chi connectivity index (χ1v) is 5.57. The largest absolute Gasteiger partial charge is 0.466 e. The third kappa shape index (κ3) is 9.14. The van der Waals surface area contributed by atoms with Crippen LogP contribution < -0.4 is 5.73 Å². The Bertz CT molecular complexity index is 338.